The van der Waals surface area contributed by atoms with E-state index in [-0.39, 0.29) is 0 Å². The number of carbonyl (C=O) groups excluding carboxylic acids is 1. The fraction of sp³-hybridized carbons (Fsp3) is 0.538. The Morgan fingerprint density at radius 1 is 1.44 bits per heavy atom. The largest absolute Gasteiger partial charge is 0.398 e. The Bertz CT molecular complexity index is 488. The summed E-state index contributed by atoms with van der Waals surface area (Å²) in [5, 5.41) is 0. The maximum absolute atomic E-state index is 11.6. The van der Waals surface area contributed by atoms with Crippen LogP contribution in [0.25, 0.3) is 0 Å². The number of rotatable bonds is 1. The van der Waals surface area contributed by atoms with Gasteiger partial charge in [-0.2, -0.15) is 0 Å². The number of aromatic nitrogens is 1. The SMILES string of the molecule is Cc1cnc(N2CCN3C(=O)CCC3C2)cc1N. The molecule has 2 N–H and O–H groups in total. The van der Waals surface area contributed by atoms with Gasteiger partial charge < -0.3 is 15.5 Å². The van der Waals surface area contributed by atoms with Gasteiger partial charge in [-0.05, 0) is 18.9 Å². The van der Waals surface area contributed by atoms with Gasteiger partial charge in [0.15, 0.2) is 0 Å². The number of amides is 1. The zero-order chi connectivity index (χ0) is 12.7. The highest BCUT2D eigenvalue weighted by Crippen LogP contribution is 2.26. The van der Waals surface area contributed by atoms with E-state index >= 15 is 0 Å². The molecule has 0 saturated carbocycles. The number of hydrogen-bond acceptors (Lipinski definition) is 4. The molecule has 0 aliphatic carbocycles. The number of aryl methyl sites for hydroxylation is 1. The van der Waals surface area contributed by atoms with Gasteiger partial charge in [-0.25, -0.2) is 4.98 Å². The van der Waals surface area contributed by atoms with Crippen LogP contribution < -0.4 is 10.6 Å². The lowest BCUT2D eigenvalue weighted by molar-refractivity contribution is -0.129. The minimum absolute atomic E-state index is 0.302. The Kier molecular flexibility index (Phi) is 2.61. The molecular formula is C13H18N4O. The van der Waals surface area contributed by atoms with Crippen molar-refractivity contribution in [1.29, 1.82) is 0 Å². The van der Waals surface area contributed by atoms with Gasteiger partial charge in [-0.15, -0.1) is 0 Å². The van der Waals surface area contributed by atoms with Crippen LogP contribution in [0, 0.1) is 6.92 Å². The molecule has 3 rings (SSSR count). The van der Waals surface area contributed by atoms with Crippen LogP contribution in [0.2, 0.25) is 0 Å². The van der Waals surface area contributed by atoms with Gasteiger partial charge in [-0.3, -0.25) is 4.79 Å². The van der Waals surface area contributed by atoms with E-state index in [4.69, 9.17) is 5.73 Å². The summed E-state index contributed by atoms with van der Waals surface area (Å²) in [6.45, 7) is 4.48. The van der Waals surface area contributed by atoms with Crippen LogP contribution in [0.1, 0.15) is 18.4 Å². The van der Waals surface area contributed by atoms with Gasteiger partial charge in [0.1, 0.15) is 5.82 Å². The van der Waals surface area contributed by atoms with Gasteiger partial charge in [-0.1, -0.05) is 0 Å². The molecule has 5 nitrogen and oxygen atoms in total. The molecule has 0 radical (unpaired) electrons. The van der Waals surface area contributed by atoms with Crippen molar-refractivity contribution in [1.82, 2.24) is 9.88 Å². The van der Waals surface area contributed by atoms with Gasteiger partial charge in [0.05, 0.1) is 0 Å². The van der Waals surface area contributed by atoms with Crippen LogP contribution in [0.4, 0.5) is 11.5 Å². The number of hydrogen-bond donors (Lipinski definition) is 1. The van der Waals surface area contributed by atoms with Crippen molar-refractivity contribution < 1.29 is 4.79 Å². The number of piperazine rings is 1. The lowest BCUT2D eigenvalue weighted by Crippen LogP contribution is -2.51. The average Bonchev–Trinajstić information content (AvgIpc) is 2.74. The summed E-state index contributed by atoms with van der Waals surface area (Å²) in [5.41, 5.74) is 7.72. The third-order valence-corrected chi connectivity index (χ3v) is 3.95. The number of pyridine rings is 1. The summed E-state index contributed by atoms with van der Waals surface area (Å²) in [4.78, 5) is 20.3. The first-order valence-corrected chi connectivity index (χ1v) is 6.41. The number of nitrogens with two attached hydrogens (primary N) is 1. The standard InChI is InChI=1S/C13H18N4O/c1-9-7-15-12(6-11(9)14)16-4-5-17-10(8-16)2-3-13(17)18/h6-7,10H,2-5,8H2,1H3,(H2,14,15). The maximum atomic E-state index is 11.6. The molecule has 1 aromatic heterocycles. The fourth-order valence-corrected chi connectivity index (χ4v) is 2.77. The van der Waals surface area contributed by atoms with Crippen LogP contribution >= 0.6 is 0 Å². The van der Waals surface area contributed by atoms with E-state index in [0.29, 0.717) is 18.4 Å². The number of nitrogen functional groups attached to an aromatic ring is 1. The smallest absolute Gasteiger partial charge is 0.223 e. The number of anilines is 2. The number of fused-ring (bicyclic) bond motifs is 1. The second-order valence-corrected chi connectivity index (χ2v) is 5.12. The van der Waals surface area contributed by atoms with E-state index < -0.39 is 0 Å². The van der Waals surface area contributed by atoms with Gasteiger partial charge in [0.25, 0.3) is 0 Å². The average molecular weight is 246 g/mol. The normalized spacial score (nSPS) is 23.4. The Morgan fingerprint density at radius 2 is 2.28 bits per heavy atom. The molecule has 0 aromatic carbocycles. The van der Waals surface area contributed by atoms with E-state index in [0.717, 1.165) is 43.1 Å². The van der Waals surface area contributed by atoms with Crippen LogP contribution in [0.5, 0.6) is 0 Å². The molecule has 1 amide bonds. The second-order valence-electron chi connectivity index (χ2n) is 5.12. The van der Waals surface area contributed by atoms with E-state index in [9.17, 15) is 4.79 Å². The lowest BCUT2D eigenvalue weighted by Gasteiger charge is -2.38. The van der Waals surface area contributed by atoms with Crippen LogP contribution in [0.3, 0.4) is 0 Å². The first kappa shape index (κ1) is 11.3. The first-order chi connectivity index (χ1) is 8.65. The molecule has 96 valence electrons. The molecule has 2 aliphatic rings. The maximum Gasteiger partial charge on any atom is 0.223 e. The highest BCUT2D eigenvalue weighted by Gasteiger charge is 2.35. The van der Waals surface area contributed by atoms with E-state index in [1.54, 1.807) is 0 Å². The van der Waals surface area contributed by atoms with Crippen molar-refractivity contribution in [2.75, 3.05) is 30.3 Å². The summed E-state index contributed by atoms with van der Waals surface area (Å²) in [7, 11) is 0. The highest BCUT2D eigenvalue weighted by atomic mass is 16.2. The van der Waals surface area contributed by atoms with Crippen molar-refractivity contribution in [3.05, 3.63) is 17.8 Å². The van der Waals surface area contributed by atoms with Gasteiger partial charge >= 0.3 is 0 Å². The molecule has 2 saturated heterocycles. The lowest BCUT2D eigenvalue weighted by atomic mass is 10.1. The molecule has 1 atom stereocenters. The summed E-state index contributed by atoms with van der Waals surface area (Å²) in [6, 6.07) is 2.29. The minimum atomic E-state index is 0.302. The minimum Gasteiger partial charge on any atom is -0.398 e. The molecule has 1 aromatic rings. The third kappa shape index (κ3) is 1.79. The zero-order valence-corrected chi connectivity index (χ0v) is 10.6. The molecule has 2 fully saturated rings. The van der Waals surface area contributed by atoms with Gasteiger partial charge in [0.2, 0.25) is 5.91 Å². The van der Waals surface area contributed by atoms with E-state index in [1.807, 2.05) is 24.1 Å². The predicted molar refractivity (Wildman–Crippen MR) is 70.3 cm³/mol. The predicted octanol–water partition coefficient (Wildman–Crippen LogP) is 0.783. The summed E-state index contributed by atoms with van der Waals surface area (Å²) in [6.07, 6.45) is 3.48. The molecule has 3 heterocycles. The van der Waals surface area contributed by atoms with Gasteiger partial charge in [0, 0.05) is 50.0 Å². The number of nitrogens with zero attached hydrogens (tertiary/aromatic N) is 3. The fourth-order valence-electron chi connectivity index (χ4n) is 2.77. The Balaban J connectivity index is 1.78. The van der Waals surface area contributed by atoms with E-state index in [1.165, 1.54) is 0 Å². The third-order valence-electron chi connectivity index (χ3n) is 3.95. The molecule has 0 bridgehead atoms. The second kappa shape index (κ2) is 4.15. The highest BCUT2D eigenvalue weighted by molar-refractivity contribution is 5.79. The summed E-state index contributed by atoms with van der Waals surface area (Å²) < 4.78 is 0. The molecular weight excluding hydrogens is 228 g/mol. The Morgan fingerprint density at radius 3 is 3.06 bits per heavy atom. The quantitative estimate of drug-likeness (QED) is 0.795. The Labute approximate surface area is 107 Å². The van der Waals surface area contributed by atoms with Crippen molar-refractivity contribution in [2.24, 2.45) is 0 Å². The Hall–Kier alpha value is -1.78. The topological polar surface area (TPSA) is 62.5 Å². The van der Waals surface area contributed by atoms with E-state index in [2.05, 4.69) is 9.88 Å². The number of carbonyl (C=O) groups is 1. The van der Waals surface area contributed by atoms with Crippen LogP contribution in [-0.2, 0) is 4.79 Å². The summed E-state index contributed by atoms with van der Waals surface area (Å²) >= 11 is 0. The molecule has 0 spiro atoms. The monoisotopic (exact) mass is 246 g/mol. The van der Waals surface area contributed by atoms with Crippen molar-refractivity contribution in [2.45, 2.75) is 25.8 Å². The molecule has 2 aliphatic heterocycles. The van der Waals surface area contributed by atoms with Crippen molar-refractivity contribution in [3.8, 4) is 0 Å². The molecule has 18 heavy (non-hydrogen) atoms. The van der Waals surface area contributed by atoms with Crippen LogP contribution in [0.15, 0.2) is 12.3 Å². The zero-order valence-electron chi connectivity index (χ0n) is 10.6. The summed E-state index contributed by atoms with van der Waals surface area (Å²) in [5.74, 6) is 1.23. The molecule has 5 heteroatoms. The first-order valence-electron chi connectivity index (χ1n) is 6.41. The molecule has 1 unspecified atom stereocenters. The van der Waals surface area contributed by atoms with Crippen molar-refractivity contribution in [3.63, 3.8) is 0 Å². The van der Waals surface area contributed by atoms with Crippen molar-refractivity contribution >= 4 is 17.4 Å². The van der Waals surface area contributed by atoms with Crippen LogP contribution in [-0.4, -0.2) is 41.5 Å².